The van der Waals surface area contributed by atoms with Gasteiger partial charge in [0.05, 0.1) is 16.2 Å². The number of hydrogen-bond donors (Lipinski definition) is 3. The van der Waals surface area contributed by atoms with E-state index in [1.807, 2.05) is 12.2 Å². The van der Waals surface area contributed by atoms with Gasteiger partial charge in [-0.2, -0.15) is 0 Å². The second kappa shape index (κ2) is 7.24. The Kier molecular flexibility index (Phi) is 5.00. The van der Waals surface area contributed by atoms with Gasteiger partial charge in [-0.05, 0) is 25.1 Å². The molecule has 9 heteroatoms. The molecule has 3 rings (SSSR count). The van der Waals surface area contributed by atoms with Crippen molar-refractivity contribution in [3.63, 3.8) is 0 Å². The molecule has 0 bridgehead atoms. The van der Waals surface area contributed by atoms with Gasteiger partial charge in [0.2, 0.25) is 0 Å². The van der Waals surface area contributed by atoms with Crippen LogP contribution < -0.4 is 16.2 Å². The fourth-order valence-corrected chi connectivity index (χ4v) is 3.13. The number of carbonyl (C=O) groups is 1. The van der Waals surface area contributed by atoms with Gasteiger partial charge >= 0.3 is 6.09 Å². The van der Waals surface area contributed by atoms with Crippen molar-refractivity contribution in [3.8, 4) is 11.1 Å². The summed E-state index contributed by atoms with van der Waals surface area (Å²) in [6, 6.07) is 5.56. The molecule has 0 aliphatic carbocycles. The van der Waals surface area contributed by atoms with Crippen LogP contribution in [0.1, 0.15) is 6.92 Å². The lowest BCUT2D eigenvalue weighted by molar-refractivity contribution is 0.209. The SMILES string of the molecule is CCn1c(=O)c(-c2cc(NC(=O)O)c(F)cc2Cl)cc2cnc(NC)cc21. The predicted octanol–water partition coefficient (Wildman–Crippen LogP) is 4.01. The van der Waals surface area contributed by atoms with Crippen LogP contribution in [0.3, 0.4) is 0 Å². The van der Waals surface area contributed by atoms with Crippen LogP contribution in [0.2, 0.25) is 5.02 Å². The number of nitrogens with zero attached hydrogens (tertiary/aromatic N) is 2. The van der Waals surface area contributed by atoms with E-state index in [-0.39, 0.29) is 27.4 Å². The second-order valence-electron chi connectivity index (χ2n) is 5.73. The topological polar surface area (TPSA) is 96.2 Å². The zero-order valence-electron chi connectivity index (χ0n) is 14.5. The number of fused-ring (bicyclic) bond motifs is 1. The third-order valence-electron chi connectivity index (χ3n) is 4.14. The van der Waals surface area contributed by atoms with Crippen molar-refractivity contribution in [3.05, 3.63) is 51.7 Å². The van der Waals surface area contributed by atoms with Crippen LogP contribution in [0.5, 0.6) is 0 Å². The van der Waals surface area contributed by atoms with E-state index in [1.165, 1.54) is 6.07 Å². The molecule has 3 N–H and O–H groups in total. The highest BCUT2D eigenvalue weighted by Gasteiger charge is 2.17. The summed E-state index contributed by atoms with van der Waals surface area (Å²) in [7, 11) is 1.73. The number of aryl methyl sites for hydroxylation is 1. The summed E-state index contributed by atoms with van der Waals surface area (Å²) in [5.74, 6) is -0.215. The molecule has 0 fully saturated rings. The first kappa shape index (κ1) is 18.7. The number of carboxylic acid groups (broad SMARTS) is 1. The Morgan fingerprint density at radius 1 is 1.30 bits per heavy atom. The Balaban J connectivity index is 2.30. The standard InChI is InChI=1S/C18H16ClFN4O3/c1-3-24-15-7-16(21-2)22-8-9(15)4-11(17(24)25)10-5-14(23-18(26)27)13(20)6-12(10)19/h4-8,23H,3H2,1-2H3,(H,21,22)(H,26,27). The lowest BCUT2D eigenvalue weighted by Gasteiger charge is -2.14. The highest BCUT2D eigenvalue weighted by atomic mass is 35.5. The fraction of sp³-hybridized carbons (Fsp3) is 0.167. The van der Waals surface area contributed by atoms with E-state index in [0.29, 0.717) is 23.3 Å². The minimum atomic E-state index is -1.42. The van der Waals surface area contributed by atoms with Crippen molar-refractivity contribution in [1.29, 1.82) is 0 Å². The van der Waals surface area contributed by atoms with Crippen molar-refractivity contribution in [2.75, 3.05) is 17.7 Å². The van der Waals surface area contributed by atoms with Gasteiger partial charge in [0.25, 0.3) is 5.56 Å². The molecular weight excluding hydrogens is 375 g/mol. The maximum absolute atomic E-state index is 14.0. The van der Waals surface area contributed by atoms with Crippen LogP contribution >= 0.6 is 11.6 Å². The Bertz CT molecular complexity index is 1110. The summed E-state index contributed by atoms with van der Waals surface area (Å²) in [5.41, 5.74) is 0.532. The van der Waals surface area contributed by atoms with E-state index in [9.17, 15) is 14.0 Å². The summed E-state index contributed by atoms with van der Waals surface area (Å²) in [4.78, 5) is 28.1. The number of nitrogens with one attached hydrogen (secondary N) is 2. The van der Waals surface area contributed by atoms with E-state index < -0.39 is 11.9 Å². The number of halogens is 2. The molecule has 2 heterocycles. The van der Waals surface area contributed by atoms with Gasteiger partial charge in [0.15, 0.2) is 0 Å². The maximum atomic E-state index is 14.0. The van der Waals surface area contributed by atoms with Gasteiger partial charge in [-0.3, -0.25) is 10.1 Å². The van der Waals surface area contributed by atoms with Crippen LogP contribution in [0.4, 0.5) is 20.7 Å². The Hall–Kier alpha value is -3.13. The molecule has 0 radical (unpaired) electrons. The summed E-state index contributed by atoms with van der Waals surface area (Å²) in [6.07, 6.45) is 0.194. The van der Waals surface area contributed by atoms with Crippen molar-refractivity contribution < 1.29 is 14.3 Å². The molecule has 0 aliphatic rings. The van der Waals surface area contributed by atoms with E-state index in [0.717, 1.165) is 6.07 Å². The number of pyridine rings is 2. The van der Waals surface area contributed by atoms with E-state index in [1.54, 1.807) is 29.9 Å². The number of rotatable bonds is 4. The van der Waals surface area contributed by atoms with E-state index >= 15 is 0 Å². The molecule has 0 atom stereocenters. The zero-order chi connectivity index (χ0) is 19.7. The van der Waals surface area contributed by atoms with Crippen molar-refractivity contribution >= 4 is 40.1 Å². The van der Waals surface area contributed by atoms with Gasteiger partial charge in [-0.15, -0.1) is 0 Å². The highest BCUT2D eigenvalue weighted by molar-refractivity contribution is 6.33. The molecule has 0 unspecified atom stereocenters. The first-order valence-corrected chi connectivity index (χ1v) is 8.44. The number of hydrogen-bond acceptors (Lipinski definition) is 4. The molecule has 0 saturated carbocycles. The highest BCUT2D eigenvalue weighted by Crippen LogP contribution is 2.32. The Labute approximate surface area is 158 Å². The molecular formula is C18H16ClFN4O3. The molecule has 7 nitrogen and oxygen atoms in total. The summed E-state index contributed by atoms with van der Waals surface area (Å²) in [5, 5.41) is 14.4. The average molecular weight is 391 g/mol. The number of aromatic nitrogens is 2. The third-order valence-corrected chi connectivity index (χ3v) is 4.45. The maximum Gasteiger partial charge on any atom is 0.409 e. The predicted molar refractivity (Wildman–Crippen MR) is 103 cm³/mol. The normalized spacial score (nSPS) is 10.8. The van der Waals surface area contributed by atoms with Crippen LogP contribution in [0.25, 0.3) is 22.0 Å². The average Bonchev–Trinajstić information content (AvgIpc) is 2.63. The lowest BCUT2D eigenvalue weighted by atomic mass is 10.0. The molecule has 3 aromatic rings. The second-order valence-corrected chi connectivity index (χ2v) is 6.14. The molecule has 0 aliphatic heterocycles. The molecule has 1 aromatic carbocycles. The van der Waals surface area contributed by atoms with E-state index in [2.05, 4.69) is 10.3 Å². The first-order valence-electron chi connectivity index (χ1n) is 8.06. The third kappa shape index (κ3) is 3.43. The number of anilines is 2. The number of benzene rings is 1. The van der Waals surface area contributed by atoms with Crippen LogP contribution in [0, 0.1) is 5.82 Å². The monoisotopic (exact) mass is 390 g/mol. The molecule has 140 valence electrons. The summed E-state index contributed by atoms with van der Waals surface area (Å²) in [6.45, 7) is 2.23. The van der Waals surface area contributed by atoms with Crippen LogP contribution in [0.15, 0.2) is 35.3 Å². The van der Waals surface area contributed by atoms with Gasteiger partial charge in [-0.1, -0.05) is 11.6 Å². The van der Waals surface area contributed by atoms with Gasteiger partial charge in [0, 0.05) is 42.4 Å². The van der Waals surface area contributed by atoms with Gasteiger partial charge in [-0.25, -0.2) is 14.2 Å². The molecule has 2 aromatic heterocycles. The molecule has 27 heavy (non-hydrogen) atoms. The summed E-state index contributed by atoms with van der Waals surface area (Å²) < 4.78 is 15.5. The van der Waals surface area contributed by atoms with Crippen molar-refractivity contribution in [1.82, 2.24) is 9.55 Å². The molecule has 0 spiro atoms. The largest absolute Gasteiger partial charge is 0.465 e. The van der Waals surface area contributed by atoms with Crippen molar-refractivity contribution in [2.24, 2.45) is 0 Å². The minimum Gasteiger partial charge on any atom is -0.465 e. The number of amides is 1. The smallest absolute Gasteiger partial charge is 0.409 e. The van der Waals surface area contributed by atoms with E-state index in [4.69, 9.17) is 16.7 Å². The molecule has 1 amide bonds. The zero-order valence-corrected chi connectivity index (χ0v) is 15.3. The minimum absolute atomic E-state index is 0.00217. The lowest BCUT2D eigenvalue weighted by Crippen LogP contribution is -2.21. The van der Waals surface area contributed by atoms with Gasteiger partial charge in [0.1, 0.15) is 11.6 Å². The van der Waals surface area contributed by atoms with Crippen LogP contribution in [-0.2, 0) is 6.54 Å². The fourth-order valence-electron chi connectivity index (χ4n) is 2.88. The van der Waals surface area contributed by atoms with Crippen LogP contribution in [-0.4, -0.2) is 27.8 Å². The van der Waals surface area contributed by atoms with Crippen molar-refractivity contribution in [2.45, 2.75) is 13.5 Å². The Morgan fingerprint density at radius 3 is 2.67 bits per heavy atom. The first-order chi connectivity index (χ1) is 12.8. The quantitative estimate of drug-likeness (QED) is 0.625. The molecule has 0 saturated heterocycles. The Morgan fingerprint density at radius 2 is 2.04 bits per heavy atom. The summed E-state index contributed by atoms with van der Waals surface area (Å²) >= 11 is 6.15. The van der Waals surface area contributed by atoms with Gasteiger partial charge < -0.3 is 15.0 Å².